The molecule has 1 aromatic heterocycles. The Hall–Kier alpha value is -1.38. The van der Waals surface area contributed by atoms with E-state index >= 15 is 0 Å². The third-order valence-corrected chi connectivity index (χ3v) is 2.86. The molecule has 2 N–H and O–H groups in total. The Kier molecular flexibility index (Phi) is 3.22. The van der Waals surface area contributed by atoms with Gasteiger partial charge in [-0.1, -0.05) is 17.7 Å². The van der Waals surface area contributed by atoms with E-state index in [9.17, 15) is 0 Å². The van der Waals surface area contributed by atoms with Gasteiger partial charge >= 0.3 is 0 Å². The first-order valence-electron chi connectivity index (χ1n) is 5.12. The van der Waals surface area contributed by atoms with Gasteiger partial charge in [-0.2, -0.15) is 0 Å². The Morgan fingerprint density at radius 1 is 1.25 bits per heavy atom. The largest absolute Gasteiger partial charge is 0.326 e. The molecule has 2 aromatic rings. The van der Waals surface area contributed by atoms with E-state index in [1.54, 1.807) is 6.20 Å². The van der Waals surface area contributed by atoms with Crippen LogP contribution in [-0.4, -0.2) is 4.98 Å². The minimum absolute atomic E-state index is 0.501. The van der Waals surface area contributed by atoms with E-state index in [4.69, 9.17) is 17.3 Å². The summed E-state index contributed by atoms with van der Waals surface area (Å²) in [7, 11) is 0. The molecule has 0 fully saturated rings. The second-order valence-corrected chi connectivity index (χ2v) is 4.13. The maximum absolute atomic E-state index is 6.01. The second kappa shape index (κ2) is 4.64. The van der Waals surface area contributed by atoms with E-state index in [1.807, 2.05) is 30.5 Å². The number of pyridine rings is 1. The standard InChI is InChI=1S/C13H13ClN2/c1-9-4-5-16-8-13(9)12-6-11(14)3-2-10(12)7-15/h2-6,8H,7,15H2,1H3. The Morgan fingerprint density at radius 3 is 2.75 bits per heavy atom. The predicted octanol–water partition coefficient (Wildman–Crippen LogP) is 3.17. The molecule has 0 unspecified atom stereocenters. The van der Waals surface area contributed by atoms with Gasteiger partial charge in [0, 0.05) is 29.5 Å². The van der Waals surface area contributed by atoms with Gasteiger partial charge in [-0.15, -0.1) is 0 Å². The van der Waals surface area contributed by atoms with Gasteiger partial charge in [0.05, 0.1) is 0 Å². The van der Waals surface area contributed by atoms with Gasteiger partial charge in [0.25, 0.3) is 0 Å². The number of nitrogens with two attached hydrogens (primary N) is 1. The number of rotatable bonds is 2. The summed E-state index contributed by atoms with van der Waals surface area (Å²) in [6, 6.07) is 7.74. The molecule has 0 amide bonds. The minimum Gasteiger partial charge on any atom is -0.326 e. The van der Waals surface area contributed by atoms with Crippen molar-refractivity contribution in [3.63, 3.8) is 0 Å². The lowest BCUT2D eigenvalue weighted by atomic mass is 9.98. The van der Waals surface area contributed by atoms with Crippen LogP contribution < -0.4 is 5.73 Å². The first kappa shape index (κ1) is 11.1. The molecule has 0 saturated heterocycles. The van der Waals surface area contributed by atoms with E-state index in [0.717, 1.165) is 21.7 Å². The molecule has 1 heterocycles. The zero-order valence-corrected chi connectivity index (χ0v) is 9.83. The summed E-state index contributed by atoms with van der Waals surface area (Å²) in [5, 5.41) is 0.718. The third kappa shape index (κ3) is 2.08. The fourth-order valence-corrected chi connectivity index (χ4v) is 1.90. The van der Waals surface area contributed by atoms with Gasteiger partial charge in [-0.05, 0) is 41.8 Å². The van der Waals surface area contributed by atoms with Crippen LogP contribution in [0.5, 0.6) is 0 Å². The smallest absolute Gasteiger partial charge is 0.0412 e. The van der Waals surface area contributed by atoms with Crippen molar-refractivity contribution < 1.29 is 0 Å². The molecule has 0 radical (unpaired) electrons. The molecule has 0 aliphatic carbocycles. The maximum Gasteiger partial charge on any atom is 0.0412 e. The highest BCUT2D eigenvalue weighted by molar-refractivity contribution is 6.30. The van der Waals surface area contributed by atoms with Crippen molar-refractivity contribution in [2.24, 2.45) is 5.73 Å². The molecule has 0 aliphatic heterocycles. The van der Waals surface area contributed by atoms with Crippen molar-refractivity contribution in [2.45, 2.75) is 13.5 Å². The number of hydrogen-bond donors (Lipinski definition) is 1. The van der Waals surface area contributed by atoms with Crippen molar-refractivity contribution >= 4 is 11.6 Å². The van der Waals surface area contributed by atoms with E-state index in [-0.39, 0.29) is 0 Å². The highest BCUT2D eigenvalue weighted by Crippen LogP contribution is 2.28. The van der Waals surface area contributed by atoms with Crippen LogP contribution in [-0.2, 0) is 6.54 Å². The van der Waals surface area contributed by atoms with Crippen LogP contribution in [0.15, 0.2) is 36.7 Å². The number of halogens is 1. The molecule has 0 aliphatic rings. The number of nitrogens with zero attached hydrogens (tertiary/aromatic N) is 1. The Balaban J connectivity index is 2.63. The van der Waals surface area contributed by atoms with E-state index < -0.39 is 0 Å². The fraction of sp³-hybridized carbons (Fsp3) is 0.154. The number of benzene rings is 1. The fourth-order valence-electron chi connectivity index (χ4n) is 1.72. The minimum atomic E-state index is 0.501. The monoisotopic (exact) mass is 232 g/mol. The molecule has 0 spiro atoms. The molecule has 1 aromatic carbocycles. The van der Waals surface area contributed by atoms with Crippen LogP contribution >= 0.6 is 11.6 Å². The molecule has 0 atom stereocenters. The summed E-state index contributed by atoms with van der Waals surface area (Å²) >= 11 is 6.01. The molecule has 16 heavy (non-hydrogen) atoms. The molecule has 0 bridgehead atoms. The van der Waals surface area contributed by atoms with Gasteiger partial charge in [0.1, 0.15) is 0 Å². The number of hydrogen-bond acceptors (Lipinski definition) is 2. The lowest BCUT2D eigenvalue weighted by Gasteiger charge is -2.10. The molecule has 3 heteroatoms. The molecule has 82 valence electrons. The maximum atomic E-state index is 6.01. The zero-order chi connectivity index (χ0) is 11.5. The highest BCUT2D eigenvalue weighted by atomic mass is 35.5. The van der Waals surface area contributed by atoms with Crippen LogP contribution in [0.3, 0.4) is 0 Å². The molecule has 0 saturated carbocycles. The normalized spacial score (nSPS) is 10.4. The van der Waals surface area contributed by atoms with E-state index in [0.29, 0.717) is 6.54 Å². The zero-order valence-electron chi connectivity index (χ0n) is 9.07. The van der Waals surface area contributed by atoms with Gasteiger partial charge in [-0.3, -0.25) is 4.98 Å². The molecular formula is C13H13ClN2. The van der Waals surface area contributed by atoms with Crippen LogP contribution in [0.2, 0.25) is 5.02 Å². The third-order valence-electron chi connectivity index (χ3n) is 2.62. The van der Waals surface area contributed by atoms with Crippen LogP contribution in [0, 0.1) is 6.92 Å². The summed E-state index contributed by atoms with van der Waals surface area (Å²) in [4.78, 5) is 4.14. The summed E-state index contributed by atoms with van der Waals surface area (Å²) in [6.45, 7) is 2.55. The van der Waals surface area contributed by atoms with Crippen LogP contribution in [0.1, 0.15) is 11.1 Å². The highest BCUT2D eigenvalue weighted by Gasteiger charge is 2.07. The predicted molar refractivity (Wildman–Crippen MR) is 67.3 cm³/mol. The summed E-state index contributed by atoms with van der Waals surface area (Å²) in [6.07, 6.45) is 3.63. The lowest BCUT2D eigenvalue weighted by molar-refractivity contribution is 1.07. The molecule has 2 rings (SSSR count). The summed E-state index contributed by atoms with van der Waals surface area (Å²) < 4.78 is 0. The SMILES string of the molecule is Cc1ccncc1-c1cc(Cl)ccc1CN. The van der Waals surface area contributed by atoms with Crippen molar-refractivity contribution in [2.75, 3.05) is 0 Å². The van der Waals surface area contributed by atoms with Crippen molar-refractivity contribution in [1.82, 2.24) is 4.98 Å². The summed E-state index contributed by atoms with van der Waals surface area (Å²) in [5.41, 5.74) is 10.1. The topological polar surface area (TPSA) is 38.9 Å². The average molecular weight is 233 g/mol. The first-order chi connectivity index (χ1) is 7.72. The molecular weight excluding hydrogens is 220 g/mol. The number of aromatic nitrogens is 1. The lowest BCUT2D eigenvalue weighted by Crippen LogP contribution is -1.99. The van der Waals surface area contributed by atoms with Gasteiger partial charge in [-0.25, -0.2) is 0 Å². The van der Waals surface area contributed by atoms with Crippen molar-refractivity contribution in [3.05, 3.63) is 52.8 Å². The van der Waals surface area contributed by atoms with Crippen molar-refractivity contribution in [3.8, 4) is 11.1 Å². The van der Waals surface area contributed by atoms with E-state index in [2.05, 4.69) is 11.9 Å². The Bertz CT molecular complexity index is 509. The number of aryl methyl sites for hydroxylation is 1. The van der Waals surface area contributed by atoms with Crippen LogP contribution in [0.4, 0.5) is 0 Å². The van der Waals surface area contributed by atoms with E-state index in [1.165, 1.54) is 5.56 Å². The van der Waals surface area contributed by atoms with Gasteiger partial charge < -0.3 is 5.73 Å². The average Bonchev–Trinajstić information content (AvgIpc) is 2.29. The summed E-state index contributed by atoms with van der Waals surface area (Å²) in [5.74, 6) is 0. The van der Waals surface area contributed by atoms with Gasteiger partial charge in [0.15, 0.2) is 0 Å². The second-order valence-electron chi connectivity index (χ2n) is 3.70. The Morgan fingerprint density at radius 2 is 2.06 bits per heavy atom. The van der Waals surface area contributed by atoms with Gasteiger partial charge in [0.2, 0.25) is 0 Å². The quantitative estimate of drug-likeness (QED) is 0.864. The van der Waals surface area contributed by atoms with Crippen molar-refractivity contribution in [1.29, 1.82) is 0 Å². The Labute approximate surface area is 100 Å². The van der Waals surface area contributed by atoms with Crippen LogP contribution in [0.25, 0.3) is 11.1 Å². The molecule has 2 nitrogen and oxygen atoms in total. The first-order valence-corrected chi connectivity index (χ1v) is 5.49.